The number of likely N-dealkylation sites (tertiary alicyclic amines) is 2. The molecule has 2 aliphatic heterocycles. The second-order valence-corrected chi connectivity index (χ2v) is 6.66. The van der Waals surface area contributed by atoms with Crippen LogP contribution in [-0.4, -0.2) is 63.0 Å². The van der Waals surface area contributed by atoms with Gasteiger partial charge in [-0.1, -0.05) is 6.42 Å². The number of hydrogen-bond acceptors (Lipinski definition) is 4. The van der Waals surface area contributed by atoms with E-state index in [1.165, 1.54) is 44.5 Å². The van der Waals surface area contributed by atoms with Gasteiger partial charge in [-0.05, 0) is 33.2 Å². The minimum atomic E-state index is 0.152. The van der Waals surface area contributed by atoms with E-state index >= 15 is 0 Å². The number of piperidine rings is 1. The van der Waals surface area contributed by atoms with E-state index in [1.54, 1.807) is 0 Å². The molecule has 0 aliphatic carbocycles. The first-order valence-corrected chi connectivity index (χ1v) is 8.29. The molecule has 1 N–H and O–H groups in total. The lowest BCUT2D eigenvalue weighted by atomic mass is 9.97. The minimum absolute atomic E-state index is 0.152. The SMILES string of the molecule is Cc1nn(CCO)cc1CN1CC(N2CCCC[C@H]2C)C1. The van der Waals surface area contributed by atoms with Gasteiger partial charge in [-0.25, -0.2) is 0 Å². The molecule has 0 saturated carbocycles. The predicted octanol–water partition coefficient (Wildman–Crippen LogP) is 1.24. The van der Waals surface area contributed by atoms with E-state index in [1.807, 2.05) is 4.68 Å². The van der Waals surface area contributed by atoms with Crippen molar-refractivity contribution in [2.75, 3.05) is 26.2 Å². The summed E-state index contributed by atoms with van der Waals surface area (Å²) in [4.78, 5) is 5.22. The third kappa shape index (κ3) is 3.30. The number of hydrogen-bond donors (Lipinski definition) is 1. The van der Waals surface area contributed by atoms with Gasteiger partial charge in [0.2, 0.25) is 0 Å². The molecule has 5 heteroatoms. The lowest BCUT2D eigenvalue weighted by Gasteiger charge is -2.49. The second kappa shape index (κ2) is 6.46. The van der Waals surface area contributed by atoms with E-state index in [-0.39, 0.29) is 6.61 Å². The van der Waals surface area contributed by atoms with Crippen molar-refractivity contribution in [3.8, 4) is 0 Å². The van der Waals surface area contributed by atoms with Crippen LogP contribution in [-0.2, 0) is 13.1 Å². The van der Waals surface area contributed by atoms with Gasteiger partial charge in [0.15, 0.2) is 0 Å². The molecular weight excluding hydrogens is 264 g/mol. The van der Waals surface area contributed by atoms with Crippen molar-refractivity contribution in [2.45, 2.75) is 58.3 Å². The molecule has 0 amide bonds. The molecule has 1 aromatic rings. The summed E-state index contributed by atoms with van der Waals surface area (Å²) in [6.45, 7) is 9.85. The maximum Gasteiger partial charge on any atom is 0.0641 e. The Balaban J connectivity index is 1.50. The molecule has 1 aromatic heterocycles. The van der Waals surface area contributed by atoms with E-state index in [2.05, 4.69) is 34.9 Å². The van der Waals surface area contributed by atoms with Gasteiger partial charge < -0.3 is 5.11 Å². The maximum absolute atomic E-state index is 8.99. The molecule has 0 radical (unpaired) electrons. The number of nitrogens with zero attached hydrogens (tertiary/aromatic N) is 4. The third-order valence-corrected chi connectivity index (χ3v) is 5.03. The van der Waals surface area contributed by atoms with Crippen molar-refractivity contribution in [2.24, 2.45) is 0 Å². The summed E-state index contributed by atoms with van der Waals surface area (Å²) in [6.07, 6.45) is 6.22. The fraction of sp³-hybridized carbons (Fsp3) is 0.812. The summed E-state index contributed by atoms with van der Waals surface area (Å²) in [5.74, 6) is 0. The Hall–Kier alpha value is -0.910. The zero-order valence-electron chi connectivity index (χ0n) is 13.3. The Morgan fingerprint density at radius 2 is 2.14 bits per heavy atom. The lowest BCUT2D eigenvalue weighted by Crippen LogP contribution is -2.61. The van der Waals surface area contributed by atoms with Crippen LogP contribution < -0.4 is 0 Å². The Bertz CT molecular complexity index is 467. The molecule has 0 aromatic carbocycles. The molecule has 2 saturated heterocycles. The summed E-state index contributed by atoms with van der Waals surface area (Å²) >= 11 is 0. The molecular formula is C16H28N4O. The first-order chi connectivity index (χ1) is 10.2. The van der Waals surface area contributed by atoms with Crippen LogP contribution in [0.5, 0.6) is 0 Å². The lowest BCUT2D eigenvalue weighted by molar-refractivity contribution is -0.00629. The summed E-state index contributed by atoms with van der Waals surface area (Å²) in [7, 11) is 0. The first kappa shape index (κ1) is 15.0. The van der Waals surface area contributed by atoms with Crippen molar-refractivity contribution < 1.29 is 5.11 Å². The van der Waals surface area contributed by atoms with Crippen LogP contribution in [0.4, 0.5) is 0 Å². The van der Waals surface area contributed by atoms with Gasteiger partial charge >= 0.3 is 0 Å². The van der Waals surface area contributed by atoms with Crippen molar-refractivity contribution in [1.29, 1.82) is 0 Å². The Kier molecular flexibility index (Phi) is 4.62. The summed E-state index contributed by atoms with van der Waals surface area (Å²) in [6, 6.07) is 1.52. The quantitative estimate of drug-likeness (QED) is 0.887. The van der Waals surface area contributed by atoms with Crippen LogP contribution in [0, 0.1) is 6.92 Å². The molecule has 3 rings (SSSR count). The van der Waals surface area contributed by atoms with Crippen LogP contribution in [0.3, 0.4) is 0 Å². The Morgan fingerprint density at radius 1 is 1.33 bits per heavy atom. The zero-order valence-corrected chi connectivity index (χ0v) is 13.3. The van der Waals surface area contributed by atoms with Crippen LogP contribution in [0.15, 0.2) is 6.20 Å². The van der Waals surface area contributed by atoms with Crippen LogP contribution >= 0.6 is 0 Å². The first-order valence-electron chi connectivity index (χ1n) is 8.29. The van der Waals surface area contributed by atoms with E-state index < -0.39 is 0 Å². The minimum Gasteiger partial charge on any atom is -0.394 e. The van der Waals surface area contributed by atoms with Crippen molar-refractivity contribution in [1.82, 2.24) is 19.6 Å². The topological polar surface area (TPSA) is 44.5 Å². The van der Waals surface area contributed by atoms with Crippen molar-refractivity contribution >= 4 is 0 Å². The molecule has 2 aliphatic rings. The highest BCUT2D eigenvalue weighted by Crippen LogP contribution is 2.25. The van der Waals surface area contributed by atoms with Gasteiger partial charge in [-0.2, -0.15) is 5.10 Å². The van der Waals surface area contributed by atoms with Gasteiger partial charge in [-0.15, -0.1) is 0 Å². The number of rotatable bonds is 5. The highest BCUT2D eigenvalue weighted by molar-refractivity contribution is 5.16. The smallest absolute Gasteiger partial charge is 0.0641 e. The zero-order chi connectivity index (χ0) is 14.8. The molecule has 0 spiro atoms. The van der Waals surface area contributed by atoms with Crippen molar-refractivity contribution in [3.63, 3.8) is 0 Å². The van der Waals surface area contributed by atoms with Gasteiger partial charge in [0.25, 0.3) is 0 Å². The average molecular weight is 292 g/mol. The average Bonchev–Trinajstić information content (AvgIpc) is 2.75. The van der Waals surface area contributed by atoms with E-state index in [0.717, 1.165) is 24.3 Å². The highest BCUT2D eigenvalue weighted by Gasteiger charge is 2.35. The molecule has 1 atom stereocenters. The highest BCUT2D eigenvalue weighted by atomic mass is 16.3. The molecule has 21 heavy (non-hydrogen) atoms. The maximum atomic E-state index is 8.99. The Morgan fingerprint density at radius 3 is 2.86 bits per heavy atom. The third-order valence-electron chi connectivity index (χ3n) is 5.03. The normalized spacial score (nSPS) is 25.2. The van der Waals surface area contributed by atoms with E-state index in [0.29, 0.717) is 6.54 Å². The molecule has 0 bridgehead atoms. The monoisotopic (exact) mass is 292 g/mol. The fourth-order valence-corrected chi connectivity index (χ4v) is 3.72. The van der Waals surface area contributed by atoms with Crippen molar-refractivity contribution in [3.05, 3.63) is 17.5 Å². The van der Waals surface area contributed by atoms with Crippen LogP contribution in [0.2, 0.25) is 0 Å². The molecule has 2 fully saturated rings. The molecule has 0 unspecified atom stereocenters. The van der Waals surface area contributed by atoms with Gasteiger partial charge in [0, 0.05) is 43.5 Å². The number of aliphatic hydroxyl groups excluding tert-OH is 1. The molecule has 5 nitrogen and oxygen atoms in total. The standard InChI is InChI=1S/C16H28N4O/c1-13-5-3-4-6-20(13)16-11-18(12-16)9-15-10-19(7-8-21)17-14(15)2/h10,13,16,21H,3-9,11-12H2,1-2H3/t13-/m1/s1. The number of aryl methyl sites for hydroxylation is 1. The fourth-order valence-electron chi connectivity index (χ4n) is 3.72. The molecule has 3 heterocycles. The second-order valence-electron chi connectivity index (χ2n) is 6.66. The Labute approximate surface area is 127 Å². The predicted molar refractivity (Wildman–Crippen MR) is 83.1 cm³/mol. The number of aliphatic hydroxyl groups is 1. The largest absolute Gasteiger partial charge is 0.394 e. The van der Waals surface area contributed by atoms with Gasteiger partial charge in [0.05, 0.1) is 18.8 Å². The summed E-state index contributed by atoms with van der Waals surface area (Å²) in [5, 5.41) is 13.4. The number of aromatic nitrogens is 2. The van der Waals surface area contributed by atoms with Crippen LogP contribution in [0.1, 0.15) is 37.4 Å². The van der Waals surface area contributed by atoms with Crippen LogP contribution in [0.25, 0.3) is 0 Å². The van der Waals surface area contributed by atoms with E-state index in [4.69, 9.17) is 5.11 Å². The van der Waals surface area contributed by atoms with Gasteiger partial charge in [-0.3, -0.25) is 14.5 Å². The summed E-state index contributed by atoms with van der Waals surface area (Å²) < 4.78 is 1.86. The van der Waals surface area contributed by atoms with E-state index in [9.17, 15) is 0 Å². The van der Waals surface area contributed by atoms with Gasteiger partial charge in [0.1, 0.15) is 0 Å². The summed E-state index contributed by atoms with van der Waals surface area (Å²) in [5.41, 5.74) is 2.40. The molecule has 118 valence electrons.